The molecule has 1 heterocycles. The molecular formula is C26H36O5. The maximum Gasteiger partial charge on any atom is 0.310 e. The van der Waals surface area contributed by atoms with Gasteiger partial charge in [-0.2, -0.15) is 0 Å². The smallest absolute Gasteiger partial charge is 0.310 e. The van der Waals surface area contributed by atoms with E-state index in [-0.39, 0.29) is 42.1 Å². The fraction of sp³-hybridized carbons (Fsp3) is 0.692. The largest absolute Gasteiger partial charge is 0.465 e. The molecule has 0 spiro atoms. The van der Waals surface area contributed by atoms with Crippen molar-refractivity contribution in [3.8, 4) is 0 Å². The second kappa shape index (κ2) is 9.32. The molecule has 2 aliphatic carbocycles. The molecule has 3 fully saturated rings. The number of fused-ring (bicyclic) bond motifs is 5. The second-order valence-electron chi connectivity index (χ2n) is 10.3. The molecule has 3 aliphatic rings. The van der Waals surface area contributed by atoms with Crippen LogP contribution in [0.5, 0.6) is 0 Å². The van der Waals surface area contributed by atoms with Crippen LogP contribution < -0.4 is 0 Å². The van der Waals surface area contributed by atoms with E-state index in [0.717, 1.165) is 30.7 Å². The fourth-order valence-corrected chi connectivity index (χ4v) is 5.84. The summed E-state index contributed by atoms with van der Waals surface area (Å²) in [7, 11) is 0. The minimum Gasteiger partial charge on any atom is -0.465 e. The van der Waals surface area contributed by atoms with Crippen LogP contribution in [0.1, 0.15) is 64.9 Å². The molecule has 1 aromatic carbocycles. The molecule has 4 rings (SSSR count). The summed E-state index contributed by atoms with van der Waals surface area (Å²) in [6.45, 7) is 7.22. The van der Waals surface area contributed by atoms with E-state index in [1.165, 1.54) is 19.3 Å². The van der Waals surface area contributed by atoms with E-state index in [1.807, 2.05) is 30.3 Å². The lowest BCUT2D eigenvalue weighted by atomic mass is 9.71. The van der Waals surface area contributed by atoms with Gasteiger partial charge in [-0.05, 0) is 24.3 Å². The SMILES string of the molecule is CC(C)CCCCCCOC(=O)C1C2CC(C)(C3OC23)C1C(=O)OCc1ccccc1. The van der Waals surface area contributed by atoms with E-state index in [2.05, 4.69) is 20.8 Å². The highest BCUT2D eigenvalue weighted by molar-refractivity contribution is 5.85. The van der Waals surface area contributed by atoms with Crippen LogP contribution in [0.2, 0.25) is 0 Å². The summed E-state index contributed by atoms with van der Waals surface area (Å²) in [6.07, 6.45) is 6.62. The van der Waals surface area contributed by atoms with E-state index < -0.39 is 11.8 Å². The van der Waals surface area contributed by atoms with Gasteiger partial charge >= 0.3 is 11.9 Å². The fourth-order valence-electron chi connectivity index (χ4n) is 5.84. The molecule has 31 heavy (non-hydrogen) atoms. The first-order chi connectivity index (χ1) is 14.9. The van der Waals surface area contributed by atoms with Gasteiger partial charge in [0.25, 0.3) is 0 Å². The number of benzene rings is 1. The van der Waals surface area contributed by atoms with Crippen LogP contribution in [-0.4, -0.2) is 30.8 Å². The summed E-state index contributed by atoms with van der Waals surface area (Å²) < 4.78 is 17.2. The Morgan fingerprint density at radius 1 is 1.06 bits per heavy atom. The quantitative estimate of drug-likeness (QED) is 0.284. The summed E-state index contributed by atoms with van der Waals surface area (Å²) in [5.74, 6) is -0.654. The van der Waals surface area contributed by atoms with Crippen molar-refractivity contribution in [2.75, 3.05) is 6.61 Å². The molecule has 6 unspecified atom stereocenters. The summed E-state index contributed by atoms with van der Waals surface area (Å²) in [5, 5.41) is 0. The van der Waals surface area contributed by atoms with Crippen LogP contribution in [0, 0.1) is 29.1 Å². The average molecular weight is 429 g/mol. The van der Waals surface area contributed by atoms with E-state index in [4.69, 9.17) is 14.2 Å². The predicted molar refractivity (Wildman–Crippen MR) is 117 cm³/mol. The highest BCUT2D eigenvalue weighted by Crippen LogP contribution is 2.68. The van der Waals surface area contributed by atoms with Gasteiger partial charge in [-0.3, -0.25) is 9.59 Å². The molecule has 1 aliphatic heterocycles. The second-order valence-corrected chi connectivity index (χ2v) is 10.3. The molecule has 2 bridgehead atoms. The molecule has 1 aromatic rings. The van der Waals surface area contributed by atoms with Crippen molar-refractivity contribution < 1.29 is 23.8 Å². The zero-order chi connectivity index (χ0) is 22.0. The minimum absolute atomic E-state index is 0.0721. The van der Waals surface area contributed by atoms with Gasteiger partial charge in [0.05, 0.1) is 30.7 Å². The third kappa shape index (κ3) is 4.67. The molecule has 170 valence electrons. The van der Waals surface area contributed by atoms with Gasteiger partial charge in [-0.25, -0.2) is 0 Å². The van der Waals surface area contributed by atoms with Crippen LogP contribution in [0.4, 0.5) is 0 Å². The average Bonchev–Trinajstić information content (AvgIpc) is 3.44. The lowest BCUT2D eigenvalue weighted by Gasteiger charge is -2.32. The van der Waals surface area contributed by atoms with Gasteiger partial charge in [0, 0.05) is 11.3 Å². The maximum atomic E-state index is 13.1. The van der Waals surface area contributed by atoms with Crippen molar-refractivity contribution in [3.63, 3.8) is 0 Å². The van der Waals surface area contributed by atoms with Crippen LogP contribution in [0.3, 0.4) is 0 Å². The lowest BCUT2D eigenvalue weighted by Crippen LogP contribution is -2.44. The van der Waals surface area contributed by atoms with Gasteiger partial charge < -0.3 is 14.2 Å². The Bertz CT molecular complexity index is 775. The number of unbranched alkanes of at least 4 members (excludes halogenated alkanes) is 3. The Morgan fingerprint density at radius 3 is 2.55 bits per heavy atom. The Hall–Kier alpha value is -1.88. The number of carbonyl (C=O) groups is 2. The number of carbonyl (C=O) groups excluding carboxylic acids is 2. The maximum absolute atomic E-state index is 13.1. The van der Waals surface area contributed by atoms with Crippen molar-refractivity contribution in [2.45, 2.75) is 78.1 Å². The molecule has 0 aromatic heterocycles. The first-order valence-electron chi connectivity index (χ1n) is 11.9. The first kappa shape index (κ1) is 22.3. The van der Waals surface area contributed by atoms with Crippen LogP contribution in [0.25, 0.3) is 0 Å². The predicted octanol–water partition coefficient (Wildman–Crippen LogP) is 4.92. The molecule has 0 radical (unpaired) electrons. The summed E-state index contributed by atoms with van der Waals surface area (Å²) >= 11 is 0. The first-order valence-corrected chi connectivity index (χ1v) is 11.9. The zero-order valence-electron chi connectivity index (χ0n) is 19.0. The van der Waals surface area contributed by atoms with Crippen molar-refractivity contribution >= 4 is 11.9 Å². The van der Waals surface area contributed by atoms with Gasteiger partial charge in [-0.15, -0.1) is 0 Å². The van der Waals surface area contributed by atoms with Crippen LogP contribution in [-0.2, 0) is 30.4 Å². The highest BCUT2D eigenvalue weighted by Gasteiger charge is 2.76. The van der Waals surface area contributed by atoms with E-state index in [1.54, 1.807) is 0 Å². The minimum atomic E-state index is -0.483. The monoisotopic (exact) mass is 428 g/mol. The van der Waals surface area contributed by atoms with Crippen LogP contribution in [0.15, 0.2) is 30.3 Å². The molecule has 2 saturated carbocycles. The Morgan fingerprint density at radius 2 is 1.81 bits per heavy atom. The van der Waals surface area contributed by atoms with E-state index in [9.17, 15) is 9.59 Å². The molecule has 5 nitrogen and oxygen atoms in total. The van der Waals surface area contributed by atoms with E-state index in [0.29, 0.717) is 6.61 Å². The van der Waals surface area contributed by atoms with E-state index >= 15 is 0 Å². The topological polar surface area (TPSA) is 65.1 Å². The van der Waals surface area contributed by atoms with Crippen molar-refractivity contribution in [1.82, 2.24) is 0 Å². The zero-order valence-corrected chi connectivity index (χ0v) is 19.0. The summed E-state index contributed by atoms with van der Waals surface area (Å²) in [5.41, 5.74) is 0.616. The van der Waals surface area contributed by atoms with Crippen molar-refractivity contribution in [1.29, 1.82) is 0 Å². The molecule has 5 heteroatoms. The van der Waals surface area contributed by atoms with Gasteiger partial charge in [0.1, 0.15) is 6.61 Å². The van der Waals surface area contributed by atoms with Gasteiger partial charge in [0.2, 0.25) is 0 Å². The van der Waals surface area contributed by atoms with Crippen LogP contribution >= 0.6 is 0 Å². The Labute approximate surface area is 185 Å². The normalized spacial score (nSPS) is 32.7. The highest BCUT2D eigenvalue weighted by atomic mass is 16.6. The lowest BCUT2D eigenvalue weighted by molar-refractivity contribution is -0.166. The summed E-state index contributed by atoms with van der Waals surface area (Å²) in [4.78, 5) is 26.1. The van der Waals surface area contributed by atoms with Crippen molar-refractivity contribution in [3.05, 3.63) is 35.9 Å². The number of hydrogen-bond donors (Lipinski definition) is 0. The summed E-state index contributed by atoms with van der Waals surface area (Å²) in [6, 6.07) is 9.65. The number of ether oxygens (including phenoxy) is 3. The van der Waals surface area contributed by atoms with Gasteiger partial charge in [-0.1, -0.05) is 76.8 Å². The standard InChI is InChI=1S/C26H36O5/c1-17(2)11-7-4-5-10-14-29-24(27)20-19-15-26(3,23-22(19)31-23)21(20)25(28)30-16-18-12-8-6-9-13-18/h6,8-9,12-13,17,19-23H,4-5,7,10-11,14-16H2,1-3H3. The number of rotatable bonds is 11. The molecule has 0 N–H and O–H groups in total. The number of epoxide rings is 1. The molecule has 0 amide bonds. The van der Waals surface area contributed by atoms with Gasteiger partial charge in [0.15, 0.2) is 0 Å². The Balaban J connectivity index is 1.31. The third-order valence-electron chi connectivity index (χ3n) is 7.47. The molecule has 6 atom stereocenters. The third-order valence-corrected chi connectivity index (χ3v) is 7.47. The van der Waals surface area contributed by atoms with Crippen molar-refractivity contribution in [2.24, 2.45) is 29.1 Å². The number of esters is 2. The molecule has 1 saturated heterocycles. The Kier molecular flexibility index (Phi) is 6.71. The number of hydrogen-bond acceptors (Lipinski definition) is 5. The molecular weight excluding hydrogens is 392 g/mol.